The van der Waals surface area contributed by atoms with Crippen LogP contribution in [0.2, 0.25) is 0 Å². The van der Waals surface area contributed by atoms with Crippen molar-refractivity contribution in [3.63, 3.8) is 0 Å². The number of carbonyl (C=O) groups is 1. The molecule has 0 saturated carbocycles. The van der Waals surface area contributed by atoms with Crippen molar-refractivity contribution in [3.05, 3.63) is 65.2 Å². The molecule has 0 aliphatic carbocycles. The van der Waals surface area contributed by atoms with Crippen LogP contribution in [0.5, 0.6) is 0 Å². The summed E-state index contributed by atoms with van der Waals surface area (Å²) < 4.78 is 27.0. The second-order valence-corrected chi connectivity index (χ2v) is 4.80. The molecule has 0 aromatic heterocycles. The van der Waals surface area contributed by atoms with Crippen molar-refractivity contribution in [2.75, 3.05) is 5.73 Å². The van der Waals surface area contributed by atoms with Gasteiger partial charge in [-0.05, 0) is 30.7 Å². The molecule has 3 nitrogen and oxygen atoms in total. The average molecular weight is 290 g/mol. The van der Waals surface area contributed by atoms with Crippen molar-refractivity contribution < 1.29 is 13.6 Å². The van der Waals surface area contributed by atoms with Gasteiger partial charge in [0.15, 0.2) is 0 Å². The summed E-state index contributed by atoms with van der Waals surface area (Å²) in [7, 11) is 0. The normalized spacial score (nSPS) is 12.0. The van der Waals surface area contributed by atoms with E-state index >= 15 is 0 Å². The number of hydrogen-bond acceptors (Lipinski definition) is 2. The fourth-order valence-electron chi connectivity index (χ4n) is 2.14. The average Bonchev–Trinajstić information content (AvgIpc) is 2.43. The van der Waals surface area contributed by atoms with E-state index in [1.54, 1.807) is 25.1 Å². The number of amides is 1. The Labute approximate surface area is 121 Å². The topological polar surface area (TPSA) is 55.1 Å². The minimum Gasteiger partial charge on any atom is -0.398 e. The fraction of sp³-hybridized carbons (Fsp3) is 0.188. The van der Waals surface area contributed by atoms with Crippen molar-refractivity contribution >= 4 is 11.6 Å². The van der Waals surface area contributed by atoms with Crippen LogP contribution in [0.1, 0.15) is 24.1 Å². The molecule has 2 aromatic carbocycles. The zero-order chi connectivity index (χ0) is 15.4. The monoisotopic (exact) mass is 290 g/mol. The first kappa shape index (κ1) is 15.0. The molecule has 0 fully saturated rings. The number of rotatable bonds is 4. The molecule has 3 N–H and O–H groups in total. The Kier molecular flexibility index (Phi) is 4.52. The highest BCUT2D eigenvalue weighted by molar-refractivity contribution is 5.79. The molecule has 1 atom stereocenters. The highest BCUT2D eigenvalue weighted by Gasteiger charge is 2.16. The van der Waals surface area contributed by atoms with Crippen LogP contribution in [0, 0.1) is 11.6 Å². The number of anilines is 1. The van der Waals surface area contributed by atoms with Crippen molar-refractivity contribution in [2.45, 2.75) is 19.4 Å². The van der Waals surface area contributed by atoms with Gasteiger partial charge >= 0.3 is 0 Å². The number of carbonyl (C=O) groups excluding carboxylic acids is 1. The van der Waals surface area contributed by atoms with Gasteiger partial charge in [-0.1, -0.05) is 24.3 Å². The lowest BCUT2D eigenvalue weighted by Gasteiger charge is -2.16. The Bertz CT molecular complexity index is 638. The van der Waals surface area contributed by atoms with Crippen LogP contribution in [0.3, 0.4) is 0 Å². The van der Waals surface area contributed by atoms with Gasteiger partial charge < -0.3 is 11.1 Å². The van der Waals surface area contributed by atoms with Crippen LogP contribution in [0.25, 0.3) is 0 Å². The lowest BCUT2D eigenvalue weighted by molar-refractivity contribution is -0.121. The number of nitrogens with one attached hydrogen (secondary N) is 1. The maximum absolute atomic E-state index is 13.5. The van der Waals surface area contributed by atoms with Crippen LogP contribution in [0.4, 0.5) is 14.5 Å². The summed E-state index contributed by atoms with van der Waals surface area (Å²) in [5.41, 5.74) is 6.92. The zero-order valence-electron chi connectivity index (χ0n) is 11.6. The summed E-state index contributed by atoms with van der Waals surface area (Å²) in [5, 5.41) is 2.69. The standard InChI is InChI=1S/C16H16F2N2O/c1-10(11-5-2-3-8-15(11)19)20-16(21)9-12-13(17)6-4-7-14(12)18/h2-8,10H,9,19H2,1H3,(H,20,21). The van der Waals surface area contributed by atoms with E-state index in [1.807, 2.05) is 6.07 Å². The lowest BCUT2D eigenvalue weighted by Crippen LogP contribution is -2.29. The number of benzene rings is 2. The quantitative estimate of drug-likeness (QED) is 0.851. The Balaban J connectivity index is 2.07. The van der Waals surface area contributed by atoms with Gasteiger partial charge in [0.1, 0.15) is 11.6 Å². The largest absolute Gasteiger partial charge is 0.398 e. The maximum atomic E-state index is 13.5. The van der Waals surface area contributed by atoms with Gasteiger partial charge in [0.2, 0.25) is 5.91 Å². The summed E-state index contributed by atoms with van der Waals surface area (Å²) in [6.07, 6.45) is -0.352. The molecule has 1 amide bonds. The van der Waals surface area contributed by atoms with E-state index in [0.717, 1.165) is 17.7 Å². The number of nitrogen functional groups attached to an aromatic ring is 1. The first-order chi connectivity index (χ1) is 9.99. The maximum Gasteiger partial charge on any atom is 0.225 e. The smallest absolute Gasteiger partial charge is 0.225 e. The van der Waals surface area contributed by atoms with Gasteiger partial charge in [-0.3, -0.25) is 4.79 Å². The second kappa shape index (κ2) is 6.35. The summed E-state index contributed by atoms with van der Waals surface area (Å²) >= 11 is 0. The molecule has 5 heteroatoms. The SMILES string of the molecule is CC(NC(=O)Cc1c(F)cccc1F)c1ccccc1N. The van der Waals surface area contributed by atoms with Crippen molar-refractivity contribution in [1.29, 1.82) is 0 Å². The van der Waals surface area contributed by atoms with E-state index in [0.29, 0.717) is 5.69 Å². The molecule has 0 aliphatic rings. The van der Waals surface area contributed by atoms with E-state index in [9.17, 15) is 13.6 Å². The molecule has 0 bridgehead atoms. The van der Waals surface area contributed by atoms with E-state index in [4.69, 9.17) is 5.73 Å². The third-order valence-electron chi connectivity index (χ3n) is 3.24. The summed E-state index contributed by atoms with van der Waals surface area (Å²) in [4.78, 5) is 11.9. The van der Waals surface area contributed by atoms with Crippen LogP contribution >= 0.6 is 0 Å². The third kappa shape index (κ3) is 3.56. The number of para-hydroxylation sites is 1. The molecular formula is C16H16F2N2O. The number of nitrogens with two attached hydrogens (primary N) is 1. The Morgan fingerprint density at radius 2 is 1.76 bits per heavy atom. The van der Waals surface area contributed by atoms with E-state index in [-0.39, 0.29) is 18.0 Å². The van der Waals surface area contributed by atoms with E-state index in [2.05, 4.69) is 5.32 Å². The third-order valence-corrected chi connectivity index (χ3v) is 3.24. The Morgan fingerprint density at radius 3 is 2.38 bits per heavy atom. The molecule has 2 aromatic rings. The van der Waals surface area contributed by atoms with Gasteiger partial charge in [0, 0.05) is 11.3 Å². The first-order valence-electron chi connectivity index (χ1n) is 6.55. The minimum absolute atomic E-state index is 0.233. The minimum atomic E-state index is -0.725. The molecule has 0 aliphatic heterocycles. The predicted octanol–water partition coefficient (Wildman–Crippen LogP) is 2.97. The molecule has 110 valence electrons. The van der Waals surface area contributed by atoms with Crippen LogP contribution in [-0.2, 0) is 11.2 Å². The predicted molar refractivity (Wildman–Crippen MR) is 77.5 cm³/mol. The van der Waals surface area contributed by atoms with Gasteiger partial charge in [-0.2, -0.15) is 0 Å². The van der Waals surface area contributed by atoms with Crippen LogP contribution < -0.4 is 11.1 Å². The van der Waals surface area contributed by atoms with Gasteiger partial charge in [0.05, 0.1) is 12.5 Å². The van der Waals surface area contributed by atoms with E-state index < -0.39 is 17.5 Å². The van der Waals surface area contributed by atoms with Crippen LogP contribution in [0.15, 0.2) is 42.5 Å². The second-order valence-electron chi connectivity index (χ2n) is 4.80. The molecule has 1 unspecified atom stereocenters. The summed E-state index contributed by atoms with van der Waals surface area (Å²) in [5.74, 6) is -1.91. The molecular weight excluding hydrogens is 274 g/mol. The highest BCUT2D eigenvalue weighted by Crippen LogP contribution is 2.20. The fourth-order valence-corrected chi connectivity index (χ4v) is 2.14. The Morgan fingerprint density at radius 1 is 1.14 bits per heavy atom. The highest BCUT2D eigenvalue weighted by atomic mass is 19.1. The molecule has 0 radical (unpaired) electrons. The molecule has 0 heterocycles. The van der Waals surface area contributed by atoms with E-state index in [1.165, 1.54) is 6.07 Å². The van der Waals surface area contributed by atoms with Crippen molar-refractivity contribution in [2.24, 2.45) is 0 Å². The van der Waals surface area contributed by atoms with Gasteiger partial charge in [-0.25, -0.2) is 8.78 Å². The van der Waals surface area contributed by atoms with Gasteiger partial charge in [0.25, 0.3) is 0 Å². The van der Waals surface area contributed by atoms with Crippen molar-refractivity contribution in [3.8, 4) is 0 Å². The number of halogens is 2. The lowest BCUT2D eigenvalue weighted by atomic mass is 10.1. The number of hydrogen-bond donors (Lipinski definition) is 2. The first-order valence-corrected chi connectivity index (χ1v) is 6.55. The summed E-state index contributed by atoms with van der Waals surface area (Å²) in [6, 6.07) is 10.3. The summed E-state index contributed by atoms with van der Waals surface area (Å²) in [6.45, 7) is 1.77. The van der Waals surface area contributed by atoms with Crippen LogP contribution in [-0.4, -0.2) is 5.91 Å². The Hall–Kier alpha value is -2.43. The molecule has 0 saturated heterocycles. The molecule has 21 heavy (non-hydrogen) atoms. The molecule has 2 rings (SSSR count). The van der Waals surface area contributed by atoms with Gasteiger partial charge in [-0.15, -0.1) is 0 Å². The zero-order valence-corrected chi connectivity index (χ0v) is 11.6. The molecule has 0 spiro atoms. The van der Waals surface area contributed by atoms with Crippen molar-refractivity contribution in [1.82, 2.24) is 5.32 Å².